The molecule has 0 rings (SSSR count). The summed E-state index contributed by atoms with van der Waals surface area (Å²) in [5, 5.41) is 16.9. The molecule has 0 aromatic rings. The van der Waals surface area contributed by atoms with Crippen molar-refractivity contribution in [2.24, 2.45) is 0 Å². The van der Waals surface area contributed by atoms with Crippen LogP contribution in [0.3, 0.4) is 0 Å². The second kappa shape index (κ2) is 5.31. The number of carbonyl (C=O) groups is 2. The van der Waals surface area contributed by atoms with Crippen LogP contribution in [0.2, 0.25) is 0 Å². The first-order valence-electron chi connectivity index (χ1n) is 3.75. The van der Waals surface area contributed by atoms with Gasteiger partial charge in [0.25, 0.3) is 0 Å². The Kier molecular flexibility index (Phi) is 4.76. The topological polar surface area (TPSA) is 77.8 Å². The molecule has 0 atom stereocenters. The quantitative estimate of drug-likeness (QED) is 0.594. The van der Waals surface area contributed by atoms with E-state index in [0.29, 0.717) is 6.54 Å². The van der Waals surface area contributed by atoms with Gasteiger partial charge in [-0.3, -0.25) is 0 Å². The van der Waals surface area contributed by atoms with Crippen LogP contribution in [-0.4, -0.2) is 47.7 Å². The summed E-state index contributed by atoms with van der Waals surface area (Å²) >= 11 is 0. The smallest absolute Gasteiger partial charge is 0.331 e. The number of carboxylic acid groups (broad SMARTS) is 2. The Hall–Kier alpha value is -1.36. The van der Waals surface area contributed by atoms with E-state index in [2.05, 4.69) is 0 Å². The van der Waals surface area contributed by atoms with Gasteiger partial charge in [0.05, 0.1) is 0 Å². The number of aliphatic carboxylic acids is 2. The van der Waals surface area contributed by atoms with Gasteiger partial charge in [-0.15, -0.1) is 0 Å². The van der Waals surface area contributed by atoms with E-state index in [9.17, 15) is 9.59 Å². The molecule has 0 aliphatic heterocycles. The Bertz CT molecular complexity index is 232. The van der Waals surface area contributed by atoms with Crippen LogP contribution >= 0.6 is 0 Å². The van der Waals surface area contributed by atoms with Crippen molar-refractivity contribution in [1.29, 1.82) is 0 Å². The largest absolute Gasteiger partial charge is 0.478 e. The Morgan fingerprint density at radius 2 is 1.85 bits per heavy atom. The molecule has 0 aliphatic carbocycles. The lowest BCUT2D eigenvalue weighted by atomic mass is 10.2. The highest BCUT2D eigenvalue weighted by molar-refractivity contribution is 5.94. The number of carboxylic acids is 2. The van der Waals surface area contributed by atoms with Crippen molar-refractivity contribution in [3.8, 4) is 0 Å². The maximum absolute atomic E-state index is 10.5. The van der Waals surface area contributed by atoms with E-state index < -0.39 is 11.9 Å². The van der Waals surface area contributed by atoms with Gasteiger partial charge in [-0.05, 0) is 20.5 Å². The molecule has 5 heteroatoms. The Balaban J connectivity index is 4.28. The molecule has 0 bridgehead atoms. The van der Waals surface area contributed by atoms with Crippen LogP contribution < -0.4 is 0 Å². The summed E-state index contributed by atoms with van der Waals surface area (Å²) in [4.78, 5) is 22.5. The van der Waals surface area contributed by atoms with E-state index in [1.54, 1.807) is 19.0 Å². The fraction of sp³-hybridized carbons (Fsp3) is 0.500. The standard InChI is InChI=1S/C8H13NO4/c1-9(2)4-3-6(8(12)13)5-7(10)11/h5H,3-4H2,1-2H3,(H,10,11)(H,12,13)/b6-5+. The Labute approximate surface area is 76.3 Å². The van der Waals surface area contributed by atoms with Gasteiger partial charge in [0.15, 0.2) is 0 Å². The molecule has 5 nitrogen and oxygen atoms in total. The molecule has 0 spiro atoms. The van der Waals surface area contributed by atoms with Gasteiger partial charge < -0.3 is 15.1 Å². The number of nitrogens with zero attached hydrogens (tertiary/aromatic N) is 1. The minimum absolute atomic E-state index is 0.0822. The third-order valence-corrected chi connectivity index (χ3v) is 1.40. The molecule has 0 aromatic heterocycles. The fourth-order valence-electron chi connectivity index (χ4n) is 0.734. The summed E-state index contributed by atoms with van der Waals surface area (Å²) in [6.45, 7) is 0.519. The number of hydrogen-bond donors (Lipinski definition) is 2. The van der Waals surface area contributed by atoms with Gasteiger partial charge in [-0.2, -0.15) is 0 Å². The molecule has 0 aromatic carbocycles. The highest BCUT2D eigenvalue weighted by Gasteiger charge is 2.09. The summed E-state index contributed by atoms with van der Waals surface area (Å²) in [6.07, 6.45) is 0.959. The van der Waals surface area contributed by atoms with Crippen molar-refractivity contribution in [2.75, 3.05) is 20.6 Å². The van der Waals surface area contributed by atoms with Crippen LogP contribution in [0.4, 0.5) is 0 Å². The first-order valence-corrected chi connectivity index (χ1v) is 3.75. The summed E-state index contributed by atoms with van der Waals surface area (Å²) < 4.78 is 0. The molecule has 0 aliphatic rings. The van der Waals surface area contributed by atoms with E-state index in [4.69, 9.17) is 10.2 Å². The second-order valence-electron chi connectivity index (χ2n) is 2.87. The predicted octanol–water partition coefficient (Wildman–Crippen LogP) is 0.0337. The summed E-state index contributed by atoms with van der Waals surface area (Å²) in [5.74, 6) is -2.40. The van der Waals surface area contributed by atoms with Crippen LogP contribution in [0, 0.1) is 0 Å². The third kappa shape index (κ3) is 5.86. The van der Waals surface area contributed by atoms with Gasteiger partial charge in [-0.25, -0.2) is 9.59 Å². The minimum atomic E-state index is -1.23. The SMILES string of the molecule is CN(C)CC/C(=C\C(=O)O)C(=O)O. The first-order chi connectivity index (χ1) is 5.93. The van der Waals surface area contributed by atoms with E-state index in [0.717, 1.165) is 6.08 Å². The van der Waals surface area contributed by atoms with E-state index >= 15 is 0 Å². The lowest BCUT2D eigenvalue weighted by molar-refractivity contribution is -0.135. The number of hydrogen-bond acceptors (Lipinski definition) is 3. The molecule has 74 valence electrons. The zero-order valence-electron chi connectivity index (χ0n) is 7.65. The van der Waals surface area contributed by atoms with Crippen LogP contribution in [0.15, 0.2) is 11.6 Å². The second-order valence-corrected chi connectivity index (χ2v) is 2.87. The first kappa shape index (κ1) is 11.6. The average molecular weight is 187 g/mol. The molecule has 0 fully saturated rings. The molecule has 0 saturated heterocycles. The van der Waals surface area contributed by atoms with Crippen molar-refractivity contribution >= 4 is 11.9 Å². The average Bonchev–Trinajstić information content (AvgIpc) is 1.96. The zero-order chi connectivity index (χ0) is 10.4. The zero-order valence-corrected chi connectivity index (χ0v) is 7.65. The lowest BCUT2D eigenvalue weighted by Crippen LogP contribution is -2.16. The summed E-state index contributed by atoms with van der Waals surface area (Å²) in [6, 6.07) is 0. The normalized spacial score (nSPS) is 11.8. The van der Waals surface area contributed by atoms with Gasteiger partial charge >= 0.3 is 11.9 Å². The van der Waals surface area contributed by atoms with Crippen molar-refractivity contribution in [3.05, 3.63) is 11.6 Å². The highest BCUT2D eigenvalue weighted by Crippen LogP contribution is 2.01. The lowest BCUT2D eigenvalue weighted by Gasteiger charge is -2.08. The molecule has 0 unspecified atom stereocenters. The van der Waals surface area contributed by atoms with Gasteiger partial charge in [0.1, 0.15) is 0 Å². The van der Waals surface area contributed by atoms with Crippen LogP contribution in [0.25, 0.3) is 0 Å². The van der Waals surface area contributed by atoms with Crippen molar-refractivity contribution in [1.82, 2.24) is 4.90 Å². The summed E-state index contributed by atoms with van der Waals surface area (Å²) in [7, 11) is 3.58. The monoisotopic (exact) mass is 187 g/mol. The van der Waals surface area contributed by atoms with E-state index in [-0.39, 0.29) is 12.0 Å². The van der Waals surface area contributed by atoms with Crippen molar-refractivity contribution < 1.29 is 19.8 Å². The maximum Gasteiger partial charge on any atom is 0.331 e. The predicted molar refractivity (Wildman–Crippen MR) is 46.5 cm³/mol. The number of rotatable bonds is 5. The molecule has 0 saturated carbocycles. The van der Waals surface area contributed by atoms with Crippen molar-refractivity contribution in [3.63, 3.8) is 0 Å². The van der Waals surface area contributed by atoms with Gasteiger partial charge in [-0.1, -0.05) is 0 Å². The fourth-order valence-corrected chi connectivity index (χ4v) is 0.734. The Morgan fingerprint density at radius 1 is 1.31 bits per heavy atom. The van der Waals surface area contributed by atoms with E-state index in [1.807, 2.05) is 0 Å². The molecule has 0 heterocycles. The van der Waals surface area contributed by atoms with E-state index in [1.165, 1.54) is 0 Å². The molecule has 2 N–H and O–H groups in total. The summed E-state index contributed by atoms with van der Waals surface area (Å²) in [5.41, 5.74) is -0.0822. The molecular formula is C8H13NO4. The minimum Gasteiger partial charge on any atom is -0.478 e. The van der Waals surface area contributed by atoms with Gasteiger partial charge in [0.2, 0.25) is 0 Å². The maximum atomic E-state index is 10.5. The molecule has 13 heavy (non-hydrogen) atoms. The van der Waals surface area contributed by atoms with Crippen LogP contribution in [-0.2, 0) is 9.59 Å². The Morgan fingerprint density at radius 3 is 2.15 bits per heavy atom. The molecule has 0 radical (unpaired) electrons. The van der Waals surface area contributed by atoms with Crippen LogP contribution in [0.1, 0.15) is 6.42 Å². The highest BCUT2D eigenvalue weighted by atomic mass is 16.4. The molecular weight excluding hydrogens is 174 g/mol. The van der Waals surface area contributed by atoms with Crippen LogP contribution in [0.5, 0.6) is 0 Å². The molecule has 0 amide bonds. The van der Waals surface area contributed by atoms with Gasteiger partial charge in [0, 0.05) is 18.2 Å². The third-order valence-electron chi connectivity index (χ3n) is 1.40. The van der Waals surface area contributed by atoms with Crippen molar-refractivity contribution in [2.45, 2.75) is 6.42 Å².